The second-order valence-electron chi connectivity index (χ2n) is 6.70. The summed E-state index contributed by atoms with van der Waals surface area (Å²) in [6.07, 6.45) is 18.8. The number of allylic oxidation sites excluding steroid dienone is 1. The average Bonchev–Trinajstić information content (AvgIpc) is 2.51. The summed E-state index contributed by atoms with van der Waals surface area (Å²) in [6.45, 7) is 6.19. The molecule has 0 aliphatic heterocycles. The monoisotopic (exact) mass is 310 g/mol. The van der Waals surface area contributed by atoms with Crippen LogP contribution in [0.5, 0.6) is 0 Å². The minimum Gasteiger partial charge on any atom is -0.478 e. The third-order valence-corrected chi connectivity index (χ3v) is 4.53. The summed E-state index contributed by atoms with van der Waals surface area (Å²) >= 11 is 0. The van der Waals surface area contributed by atoms with Crippen LogP contribution in [-0.2, 0) is 4.79 Å². The summed E-state index contributed by atoms with van der Waals surface area (Å²) in [5.74, 6) is -0.101. The summed E-state index contributed by atoms with van der Waals surface area (Å²) in [5.41, 5.74) is 0.498. The first-order chi connectivity index (χ1) is 10.6. The van der Waals surface area contributed by atoms with Gasteiger partial charge >= 0.3 is 5.97 Å². The molecule has 2 nitrogen and oxygen atoms in total. The Morgan fingerprint density at radius 1 is 0.864 bits per heavy atom. The molecule has 0 radical (unpaired) electrons. The van der Waals surface area contributed by atoms with E-state index in [9.17, 15) is 4.79 Å². The lowest BCUT2D eigenvalue weighted by Gasteiger charge is -2.15. The third-order valence-electron chi connectivity index (χ3n) is 4.53. The van der Waals surface area contributed by atoms with Gasteiger partial charge in [0.05, 0.1) is 0 Å². The summed E-state index contributed by atoms with van der Waals surface area (Å²) in [5, 5.41) is 8.94. The largest absolute Gasteiger partial charge is 0.478 e. The van der Waals surface area contributed by atoms with E-state index in [4.69, 9.17) is 5.11 Å². The van der Waals surface area contributed by atoms with Crippen LogP contribution in [0.3, 0.4) is 0 Å². The SMILES string of the molecule is CCCCCCCCCCC(CC=C(C)C(=O)O)CCCC. The van der Waals surface area contributed by atoms with Gasteiger partial charge in [0.15, 0.2) is 0 Å². The van der Waals surface area contributed by atoms with Gasteiger partial charge in [-0.15, -0.1) is 0 Å². The highest BCUT2D eigenvalue weighted by molar-refractivity contribution is 5.85. The first-order valence-corrected chi connectivity index (χ1v) is 9.51. The highest BCUT2D eigenvalue weighted by Gasteiger charge is 2.08. The fourth-order valence-corrected chi connectivity index (χ4v) is 2.87. The molecule has 2 heteroatoms. The quantitative estimate of drug-likeness (QED) is 0.268. The van der Waals surface area contributed by atoms with E-state index in [2.05, 4.69) is 13.8 Å². The number of hydrogen-bond donors (Lipinski definition) is 1. The lowest BCUT2D eigenvalue weighted by molar-refractivity contribution is -0.132. The van der Waals surface area contributed by atoms with Crippen LogP contribution in [0, 0.1) is 5.92 Å². The van der Waals surface area contributed by atoms with Crippen molar-refractivity contribution < 1.29 is 9.90 Å². The predicted molar refractivity (Wildman–Crippen MR) is 96.3 cm³/mol. The Bertz CT molecular complexity index is 294. The maximum atomic E-state index is 10.9. The number of rotatable bonds is 15. The second-order valence-corrected chi connectivity index (χ2v) is 6.70. The van der Waals surface area contributed by atoms with Crippen molar-refractivity contribution in [3.8, 4) is 0 Å². The van der Waals surface area contributed by atoms with E-state index in [1.165, 1.54) is 77.0 Å². The third kappa shape index (κ3) is 12.9. The molecule has 0 rings (SSSR count). The number of unbranched alkanes of at least 4 members (excludes halogenated alkanes) is 8. The Labute approximate surface area is 138 Å². The van der Waals surface area contributed by atoms with Crippen LogP contribution in [0.25, 0.3) is 0 Å². The molecule has 0 amide bonds. The van der Waals surface area contributed by atoms with Crippen molar-refractivity contribution in [1.29, 1.82) is 0 Å². The fraction of sp³-hybridized carbons (Fsp3) is 0.850. The molecule has 0 bridgehead atoms. The Kier molecular flexibility index (Phi) is 14.6. The molecule has 0 aromatic heterocycles. The predicted octanol–water partition coefficient (Wildman–Crippen LogP) is 6.74. The van der Waals surface area contributed by atoms with Crippen molar-refractivity contribution in [2.45, 2.75) is 104 Å². The van der Waals surface area contributed by atoms with Gasteiger partial charge in [0, 0.05) is 5.57 Å². The molecule has 1 atom stereocenters. The summed E-state index contributed by atoms with van der Waals surface area (Å²) in [4.78, 5) is 10.9. The normalized spacial score (nSPS) is 13.3. The van der Waals surface area contributed by atoms with Gasteiger partial charge in [-0.1, -0.05) is 97.0 Å². The molecule has 0 fully saturated rings. The minimum absolute atomic E-state index is 0.498. The number of carboxylic acids is 1. The van der Waals surface area contributed by atoms with E-state index in [0.29, 0.717) is 11.5 Å². The fourth-order valence-electron chi connectivity index (χ4n) is 2.87. The molecular formula is C20H38O2. The maximum Gasteiger partial charge on any atom is 0.330 e. The number of carbonyl (C=O) groups is 1. The van der Waals surface area contributed by atoms with E-state index < -0.39 is 5.97 Å². The van der Waals surface area contributed by atoms with Crippen LogP contribution < -0.4 is 0 Å². The highest BCUT2D eigenvalue weighted by Crippen LogP contribution is 2.22. The molecule has 0 aliphatic rings. The van der Waals surface area contributed by atoms with Gasteiger partial charge in [-0.3, -0.25) is 0 Å². The van der Waals surface area contributed by atoms with Crippen molar-refractivity contribution >= 4 is 5.97 Å². The molecule has 130 valence electrons. The zero-order valence-corrected chi connectivity index (χ0v) is 15.2. The van der Waals surface area contributed by atoms with Crippen LogP contribution in [0.4, 0.5) is 0 Å². The molecule has 1 unspecified atom stereocenters. The van der Waals surface area contributed by atoms with Crippen LogP contribution in [0.15, 0.2) is 11.6 Å². The molecule has 0 aromatic rings. The molecular weight excluding hydrogens is 272 g/mol. The van der Waals surface area contributed by atoms with Gasteiger partial charge in [-0.05, 0) is 19.3 Å². The molecule has 1 N–H and O–H groups in total. The smallest absolute Gasteiger partial charge is 0.330 e. The second kappa shape index (κ2) is 15.1. The Balaban J connectivity index is 3.85. The number of carboxylic acid groups (broad SMARTS) is 1. The van der Waals surface area contributed by atoms with E-state index in [-0.39, 0.29) is 0 Å². The molecule has 0 aliphatic carbocycles. The first-order valence-electron chi connectivity index (χ1n) is 9.51. The zero-order valence-electron chi connectivity index (χ0n) is 15.2. The van der Waals surface area contributed by atoms with Crippen molar-refractivity contribution in [3.63, 3.8) is 0 Å². The lowest BCUT2D eigenvalue weighted by atomic mass is 9.91. The van der Waals surface area contributed by atoms with Gasteiger partial charge < -0.3 is 5.11 Å². The van der Waals surface area contributed by atoms with Crippen molar-refractivity contribution in [2.24, 2.45) is 5.92 Å². The zero-order chi connectivity index (χ0) is 16.6. The van der Waals surface area contributed by atoms with Crippen molar-refractivity contribution in [3.05, 3.63) is 11.6 Å². The van der Waals surface area contributed by atoms with Gasteiger partial charge in [-0.25, -0.2) is 4.79 Å². The van der Waals surface area contributed by atoms with E-state index in [1.807, 2.05) is 6.08 Å². The molecule has 0 saturated heterocycles. The summed E-state index contributed by atoms with van der Waals surface area (Å²) in [6, 6.07) is 0. The topological polar surface area (TPSA) is 37.3 Å². The van der Waals surface area contributed by atoms with Gasteiger partial charge in [-0.2, -0.15) is 0 Å². The Hall–Kier alpha value is -0.790. The maximum absolute atomic E-state index is 10.9. The van der Waals surface area contributed by atoms with E-state index >= 15 is 0 Å². The van der Waals surface area contributed by atoms with Crippen LogP contribution in [-0.4, -0.2) is 11.1 Å². The Morgan fingerprint density at radius 2 is 1.36 bits per heavy atom. The summed E-state index contributed by atoms with van der Waals surface area (Å²) in [7, 11) is 0. The first kappa shape index (κ1) is 21.2. The minimum atomic E-state index is -0.777. The molecule has 0 aromatic carbocycles. The van der Waals surface area contributed by atoms with Gasteiger partial charge in [0.25, 0.3) is 0 Å². The number of hydrogen-bond acceptors (Lipinski definition) is 1. The Morgan fingerprint density at radius 3 is 1.91 bits per heavy atom. The lowest BCUT2D eigenvalue weighted by Crippen LogP contribution is -2.02. The highest BCUT2D eigenvalue weighted by atomic mass is 16.4. The standard InChI is InChI=1S/C20H38O2/c1-4-6-8-9-10-11-12-13-15-19(14-7-5-2)17-16-18(3)20(21)22/h16,19H,4-15,17H2,1-3H3,(H,21,22). The van der Waals surface area contributed by atoms with Gasteiger partial charge in [0.2, 0.25) is 0 Å². The van der Waals surface area contributed by atoms with E-state index in [1.54, 1.807) is 6.92 Å². The molecule has 0 spiro atoms. The van der Waals surface area contributed by atoms with Crippen molar-refractivity contribution in [2.75, 3.05) is 0 Å². The molecule has 22 heavy (non-hydrogen) atoms. The average molecular weight is 311 g/mol. The van der Waals surface area contributed by atoms with Crippen LogP contribution in [0.2, 0.25) is 0 Å². The van der Waals surface area contributed by atoms with Crippen LogP contribution in [0.1, 0.15) is 104 Å². The van der Waals surface area contributed by atoms with E-state index in [0.717, 1.165) is 6.42 Å². The summed E-state index contributed by atoms with van der Waals surface area (Å²) < 4.78 is 0. The molecule has 0 heterocycles. The number of aliphatic carboxylic acids is 1. The van der Waals surface area contributed by atoms with Crippen LogP contribution >= 0.6 is 0 Å². The van der Waals surface area contributed by atoms with Gasteiger partial charge in [0.1, 0.15) is 0 Å². The molecule has 0 saturated carbocycles. The van der Waals surface area contributed by atoms with Crippen molar-refractivity contribution in [1.82, 2.24) is 0 Å².